The van der Waals surface area contributed by atoms with Crippen molar-refractivity contribution in [1.82, 2.24) is 15.1 Å². The molecule has 0 saturated heterocycles. The molecule has 0 spiro atoms. The van der Waals surface area contributed by atoms with Crippen molar-refractivity contribution in [3.63, 3.8) is 0 Å². The van der Waals surface area contributed by atoms with Gasteiger partial charge in [0.25, 0.3) is 11.5 Å². The molecule has 24 heavy (non-hydrogen) atoms. The van der Waals surface area contributed by atoms with Crippen molar-refractivity contribution in [1.29, 1.82) is 0 Å². The SMILES string of the molecule is CC(C)(C)C(CCO)NC(=O)c1ccc(=O)n(-c2ccccc2)n1. The number of aliphatic hydroxyl groups is 1. The zero-order chi connectivity index (χ0) is 17.7. The lowest BCUT2D eigenvalue weighted by Crippen LogP contribution is -2.44. The molecule has 6 heteroatoms. The second kappa shape index (κ2) is 7.40. The monoisotopic (exact) mass is 329 g/mol. The van der Waals surface area contributed by atoms with Gasteiger partial charge >= 0.3 is 0 Å². The normalized spacial score (nSPS) is 12.7. The Hall–Kier alpha value is -2.47. The van der Waals surface area contributed by atoms with Crippen molar-refractivity contribution in [3.8, 4) is 5.69 Å². The Bertz CT molecular complexity index is 748. The summed E-state index contributed by atoms with van der Waals surface area (Å²) < 4.78 is 1.20. The van der Waals surface area contributed by atoms with Gasteiger partial charge in [0, 0.05) is 18.7 Å². The van der Waals surface area contributed by atoms with Crippen LogP contribution in [-0.2, 0) is 0 Å². The lowest BCUT2D eigenvalue weighted by molar-refractivity contribution is 0.0878. The highest BCUT2D eigenvalue weighted by atomic mass is 16.3. The van der Waals surface area contributed by atoms with E-state index in [1.54, 1.807) is 24.3 Å². The Kier molecular flexibility index (Phi) is 5.51. The molecule has 0 aliphatic rings. The molecule has 2 aromatic rings. The Morgan fingerprint density at radius 2 is 1.88 bits per heavy atom. The first-order valence-electron chi connectivity index (χ1n) is 7.90. The third-order valence-corrected chi connectivity index (χ3v) is 3.80. The maximum absolute atomic E-state index is 12.5. The molecule has 6 nitrogen and oxygen atoms in total. The number of aliphatic hydroxyl groups excluding tert-OH is 1. The summed E-state index contributed by atoms with van der Waals surface area (Å²) in [5.74, 6) is -0.368. The minimum Gasteiger partial charge on any atom is -0.396 e. The largest absolute Gasteiger partial charge is 0.396 e. The van der Waals surface area contributed by atoms with Crippen LogP contribution in [0.25, 0.3) is 5.69 Å². The van der Waals surface area contributed by atoms with Crippen LogP contribution >= 0.6 is 0 Å². The summed E-state index contributed by atoms with van der Waals surface area (Å²) in [5.41, 5.74) is 0.248. The van der Waals surface area contributed by atoms with E-state index in [1.807, 2.05) is 26.8 Å². The molecule has 1 unspecified atom stereocenters. The summed E-state index contributed by atoms with van der Waals surface area (Å²) in [5, 5.41) is 16.3. The van der Waals surface area contributed by atoms with Crippen LogP contribution in [0.4, 0.5) is 0 Å². The molecule has 0 aliphatic heterocycles. The Morgan fingerprint density at radius 3 is 2.46 bits per heavy atom. The Morgan fingerprint density at radius 1 is 1.21 bits per heavy atom. The molecule has 1 aromatic carbocycles. The minimum atomic E-state index is -0.368. The second-order valence-corrected chi connectivity index (χ2v) is 6.71. The molecule has 1 aromatic heterocycles. The van der Waals surface area contributed by atoms with Gasteiger partial charge in [-0.3, -0.25) is 9.59 Å². The number of benzene rings is 1. The predicted molar refractivity (Wildman–Crippen MR) is 92.2 cm³/mol. The van der Waals surface area contributed by atoms with E-state index in [1.165, 1.54) is 16.8 Å². The smallest absolute Gasteiger partial charge is 0.271 e. The van der Waals surface area contributed by atoms with E-state index in [2.05, 4.69) is 10.4 Å². The molecule has 1 atom stereocenters. The summed E-state index contributed by atoms with van der Waals surface area (Å²) >= 11 is 0. The highest BCUT2D eigenvalue weighted by Crippen LogP contribution is 2.21. The number of hydrogen-bond acceptors (Lipinski definition) is 4. The minimum absolute atomic E-state index is 0.0147. The molecular formula is C18H23N3O3. The molecule has 0 saturated carbocycles. The van der Waals surface area contributed by atoms with Crippen molar-refractivity contribution in [2.45, 2.75) is 33.2 Å². The standard InChI is InChI=1S/C18H23N3O3/c1-18(2,3)15(11-12-22)19-17(24)14-9-10-16(23)21(20-14)13-7-5-4-6-8-13/h4-10,15,22H,11-12H2,1-3H3,(H,19,24). The van der Waals surface area contributed by atoms with E-state index < -0.39 is 0 Å². The quantitative estimate of drug-likeness (QED) is 0.875. The molecule has 0 fully saturated rings. The van der Waals surface area contributed by atoms with Crippen molar-refractivity contribution < 1.29 is 9.90 Å². The van der Waals surface area contributed by atoms with Crippen molar-refractivity contribution in [2.75, 3.05) is 6.61 Å². The van der Waals surface area contributed by atoms with Gasteiger partial charge in [-0.25, -0.2) is 0 Å². The molecule has 0 aliphatic carbocycles. The fourth-order valence-electron chi connectivity index (χ4n) is 2.37. The third-order valence-electron chi connectivity index (χ3n) is 3.80. The number of nitrogens with zero attached hydrogens (tertiary/aromatic N) is 2. The van der Waals surface area contributed by atoms with Crippen LogP contribution in [0.5, 0.6) is 0 Å². The number of carbonyl (C=O) groups excluding carboxylic acids is 1. The van der Waals surface area contributed by atoms with Crippen LogP contribution in [0, 0.1) is 5.41 Å². The van der Waals surface area contributed by atoms with Crippen molar-refractivity contribution >= 4 is 5.91 Å². The number of amides is 1. The average Bonchev–Trinajstić information content (AvgIpc) is 2.54. The van der Waals surface area contributed by atoms with Gasteiger partial charge in [0.15, 0.2) is 0 Å². The van der Waals surface area contributed by atoms with Crippen molar-refractivity contribution in [2.24, 2.45) is 5.41 Å². The van der Waals surface area contributed by atoms with Crippen molar-refractivity contribution in [3.05, 3.63) is 58.5 Å². The Labute approximate surface area is 141 Å². The highest BCUT2D eigenvalue weighted by Gasteiger charge is 2.26. The number of rotatable bonds is 5. The maximum atomic E-state index is 12.5. The van der Waals surface area contributed by atoms with E-state index in [4.69, 9.17) is 0 Å². The first-order valence-corrected chi connectivity index (χ1v) is 7.90. The fourth-order valence-corrected chi connectivity index (χ4v) is 2.37. The fraction of sp³-hybridized carbons (Fsp3) is 0.389. The summed E-state index contributed by atoms with van der Waals surface area (Å²) in [4.78, 5) is 24.5. The zero-order valence-electron chi connectivity index (χ0n) is 14.2. The first-order chi connectivity index (χ1) is 11.3. The van der Waals surface area contributed by atoms with Gasteiger partial charge in [-0.05, 0) is 30.0 Å². The van der Waals surface area contributed by atoms with Crippen LogP contribution in [0.3, 0.4) is 0 Å². The van der Waals surface area contributed by atoms with Gasteiger partial charge < -0.3 is 10.4 Å². The van der Waals surface area contributed by atoms with Crippen LogP contribution in [0.2, 0.25) is 0 Å². The molecule has 2 N–H and O–H groups in total. The summed E-state index contributed by atoms with van der Waals surface area (Å²) in [7, 11) is 0. The third kappa shape index (κ3) is 4.29. The van der Waals surface area contributed by atoms with Gasteiger partial charge in [-0.1, -0.05) is 39.0 Å². The number of nitrogens with one attached hydrogen (secondary N) is 1. The number of para-hydroxylation sites is 1. The Balaban J connectivity index is 2.29. The molecular weight excluding hydrogens is 306 g/mol. The molecule has 1 amide bonds. The van der Waals surface area contributed by atoms with E-state index in [-0.39, 0.29) is 35.2 Å². The molecule has 0 bridgehead atoms. The lowest BCUT2D eigenvalue weighted by atomic mass is 9.85. The van der Waals surface area contributed by atoms with Gasteiger partial charge in [0.05, 0.1) is 5.69 Å². The average molecular weight is 329 g/mol. The number of hydrogen-bond donors (Lipinski definition) is 2. The molecule has 2 rings (SSSR count). The van der Waals surface area contributed by atoms with E-state index in [0.717, 1.165) is 0 Å². The molecule has 128 valence electrons. The topological polar surface area (TPSA) is 84.2 Å². The lowest BCUT2D eigenvalue weighted by Gasteiger charge is -2.31. The van der Waals surface area contributed by atoms with E-state index in [9.17, 15) is 14.7 Å². The summed E-state index contributed by atoms with van der Waals surface area (Å²) in [6.45, 7) is 5.96. The van der Waals surface area contributed by atoms with Crippen LogP contribution in [0.1, 0.15) is 37.7 Å². The van der Waals surface area contributed by atoms with E-state index in [0.29, 0.717) is 12.1 Å². The molecule has 0 radical (unpaired) electrons. The zero-order valence-corrected chi connectivity index (χ0v) is 14.2. The van der Waals surface area contributed by atoms with Gasteiger partial charge in [0.2, 0.25) is 0 Å². The maximum Gasteiger partial charge on any atom is 0.271 e. The van der Waals surface area contributed by atoms with E-state index >= 15 is 0 Å². The number of carbonyl (C=O) groups is 1. The second-order valence-electron chi connectivity index (χ2n) is 6.71. The highest BCUT2D eigenvalue weighted by molar-refractivity contribution is 5.92. The van der Waals surface area contributed by atoms with Gasteiger partial charge in [0.1, 0.15) is 5.69 Å². The van der Waals surface area contributed by atoms with Crippen LogP contribution < -0.4 is 10.9 Å². The number of aromatic nitrogens is 2. The van der Waals surface area contributed by atoms with Gasteiger partial charge in [-0.2, -0.15) is 9.78 Å². The summed E-state index contributed by atoms with van der Waals surface area (Å²) in [6, 6.07) is 11.5. The summed E-state index contributed by atoms with van der Waals surface area (Å²) in [6.07, 6.45) is 0.452. The van der Waals surface area contributed by atoms with Gasteiger partial charge in [-0.15, -0.1) is 0 Å². The van der Waals surface area contributed by atoms with Crippen LogP contribution in [0.15, 0.2) is 47.3 Å². The van der Waals surface area contributed by atoms with Crippen LogP contribution in [-0.4, -0.2) is 33.4 Å². The predicted octanol–water partition coefficient (Wildman–Crippen LogP) is 1.76. The first kappa shape index (κ1) is 17.9. The molecule has 1 heterocycles.